The molecule has 1 atom stereocenters. The fourth-order valence-electron chi connectivity index (χ4n) is 2.99. The quantitative estimate of drug-likeness (QED) is 0.205. The van der Waals surface area contributed by atoms with E-state index in [1.807, 2.05) is 20.8 Å². The Morgan fingerprint density at radius 2 is 1.57 bits per heavy atom. The lowest BCUT2D eigenvalue weighted by Gasteiger charge is -2.24. The van der Waals surface area contributed by atoms with E-state index in [1.54, 1.807) is 26.8 Å². The number of methoxy groups -OCH3 is 2. The second-order valence-electron chi connectivity index (χ2n) is 6.77. The topological polar surface area (TPSA) is 87.9 Å². The predicted molar refractivity (Wildman–Crippen MR) is 108 cm³/mol. The lowest BCUT2D eigenvalue weighted by Crippen LogP contribution is -2.19. The van der Waals surface area contributed by atoms with Crippen LogP contribution in [0.25, 0.3) is 0 Å². The Morgan fingerprint density at radius 3 is 1.96 bits per heavy atom. The summed E-state index contributed by atoms with van der Waals surface area (Å²) in [4.78, 5) is 24.1. The first kappa shape index (κ1) is 23.2. The van der Waals surface area contributed by atoms with Crippen LogP contribution in [0.15, 0.2) is 34.4 Å². The number of nitro groups is 1. The summed E-state index contributed by atoms with van der Waals surface area (Å²) in [6.07, 6.45) is 0. The molecular weight excluding hydrogens is 362 g/mol. The SMILES string of the molecule is CCOC(=O)C(=C(C)C)C(C(C)=C(C)C)c1cc(OC)c(OC)cc1[N+](=O)[O-]. The lowest BCUT2D eigenvalue weighted by molar-refractivity contribution is -0.385. The van der Waals surface area contributed by atoms with Gasteiger partial charge in [-0.2, -0.15) is 0 Å². The number of carbonyl (C=O) groups is 1. The Hall–Kier alpha value is -2.83. The Kier molecular flexibility index (Phi) is 8.22. The minimum Gasteiger partial charge on any atom is -0.493 e. The predicted octanol–water partition coefficient (Wildman–Crippen LogP) is 4.95. The van der Waals surface area contributed by atoms with E-state index in [4.69, 9.17) is 14.2 Å². The number of nitrogens with zero attached hydrogens (tertiary/aromatic N) is 1. The molecule has 1 rings (SSSR count). The Bertz CT molecular complexity index is 814. The largest absolute Gasteiger partial charge is 0.493 e. The summed E-state index contributed by atoms with van der Waals surface area (Å²) < 4.78 is 15.8. The minimum absolute atomic E-state index is 0.147. The molecule has 154 valence electrons. The number of ether oxygens (including phenoxy) is 3. The van der Waals surface area contributed by atoms with Gasteiger partial charge in [0, 0.05) is 17.1 Å². The molecule has 0 aliphatic heterocycles. The molecule has 0 bridgehead atoms. The summed E-state index contributed by atoms with van der Waals surface area (Å²) in [5, 5.41) is 11.8. The van der Waals surface area contributed by atoms with E-state index in [0.717, 1.165) is 16.7 Å². The van der Waals surface area contributed by atoms with Crippen LogP contribution in [0.2, 0.25) is 0 Å². The van der Waals surface area contributed by atoms with Crippen molar-refractivity contribution in [2.45, 2.75) is 47.5 Å². The van der Waals surface area contributed by atoms with Crippen molar-refractivity contribution in [2.75, 3.05) is 20.8 Å². The summed E-state index contributed by atoms with van der Waals surface area (Å²) in [5.41, 5.74) is 3.11. The zero-order chi connectivity index (χ0) is 21.6. The van der Waals surface area contributed by atoms with Crippen molar-refractivity contribution in [3.05, 3.63) is 50.1 Å². The molecule has 0 amide bonds. The Balaban J connectivity index is 3.96. The van der Waals surface area contributed by atoms with Crippen LogP contribution in [-0.4, -0.2) is 31.7 Å². The number of esters is 1. The fourth-order valence-corrected chi connectivity index (χ4v) is 2.99. The third kappa shape index (κ3) is 4.91. The van der Waals surface area contributed by atoms with Crippen molar-refractivity contribution in [1.82, 2.24) is 0 Å². The lowest BCUT2D eigenvalue weighted by atomic mass is 9.80. The van der Waals surface area contributed by atoms with E-state index in [9.17, 15) is 14.9 Å². The molecule has 1 aromatic carbocycles. The van der Waals surface area contributed by atoms with Gasteiger partial charge in [0.15, 0.2) is 11.5 Å². The van der Waals surface area contributed by atoms with Crippen LogP contribution in [0.5, 0.6) is 11.5 Å². The zero-order valence-electron chi connectivity index (χ0n) is 17.8. The maximum Gasteiger partial charge on any atom is 0.334 e. The molecule has 28 heavy (non-hydrogen) atoms. The molecule has 1 aromatic rings. The zero-order valence-corrected chi connectivity index (χ0v) is 17.8. The van der Waals surface area contributed by atoms with Crippen molar-refractivity contribution >= 4 is 11.7 Å². The van der Waals surface area contributed by atoms with Crippen molar-refractivity contribution in [1.29, 1.82) is 0 Å². The average molecular weight is 391 g/mol. The highest BCUT2D eigenvalue weighted by atomic mass is 16.6. The summed E-state index contributed by atoms with van der Waals surface area (Å²) >= 11 is 0. The molecule has 0 aliphatic carbocycles. The van der Waals surface area contributed by atoms with Gasteiger partial charge in [-0.1, -0.05) is 16.7 Å². The van der Waals surface area contributed by atoms with E-state index in [0.29, 0.717) is 16.9 Å². The number of allylic oxidation sites excluding steroid dienone is 3. The molecular formula is C21H29NO6. The molecule has 7 nitrogen and oxygen atoms in total. The smallest absolute Gasteiger partial charge is 0.334 e. The van der Waals surface area contributed by atoms with Crippen molar-refractivity contribution in [2.24, 2.45) is 0 Å². The highest BCUT2D eigenvalue weighted by Gasteiger charge is 2.33. The molecule has 1 unspecified atom stereocenters. The first-order valence-electron chi connectivity index (χ1n) is 8.99. The Morgan fingerprint density at radius 1 is 1.04 bits per heavy atom. The Labute approximate surface area is 166 Å². The van der Waals surface area contributed by atoms with Gasteiger partial charge < -0.3 is 14.2 Å². The maximum absolute atomic E-state index is 12.8. The van der Waals surface area contributed by atoms with E-state index < -0.39 is 16.8 Å². The molecule has 0 N–H and O–H groups in total. The minimum atomic E-state index is -0.644. The van der Waals surface area contributed by atoms with Gasteiger partial charge in [-0.3, -0.25) is 10.1 Å². The molecule has 0 aromatic heterocycles. The number of carbonyl (C=O) groups excluding carboxylic acids is 1. The number of benzene rings is 1. The van der Waals surface area contributed by atoms with E-state index >= 15 is 0 Å². The average Bonchev–Trinajstić information content (AvgIpc) is 2.63. The third-order valence-corrected chi connectivity index (χ3v) is 4.58. The monoisotopic (exact) mass is 391 g/mol. The molecule has 0 saturated carbocycles. The summed E-state index contributed by atoms with van der Waals surface area (Å²) in [6, 6.07) is 2.89. The van der Waals surface area contributed by atoms with Crippen LogP contribution in [0.4, 0.5) is 5.69 Å². The number of hydrogen-bond donors (Lipinski definition) is 0. The van der Waals surface area contributed by atoms with E-state index in [1.165, 1.54) is 20.3 Å². The van der Waals surface area contributed by atoms with E-state index in [2.05, 4.69) is 0 Å². The third-order valence-electron chi connectivity index (χ3n) is 4.58. The molecule has 0 aliphatic rings. The van der Waals surface area contributed by atoms with Crippen LogP contribution >= 0.6 is 0 Å². The van der Waals surface area contributed by atoms with Crippen LogP contribution in [0.3, 0.4) is 0 Å². The molecule has 7 heteroatoms. The molecule has 0 fully saturated rings. The van der Waals surface area contributed by atoms with Crippen LogP contribution < -0.4 is 9.47 Å². The van der Waals surface area contributed by atoms with Gasteiger partial charge in [-0.25, -0.2) is 4.79 Å². The van der Waals surface area contributed by atoms with E-state index in [-0.39, 0.29) is 18.0 Å². The molecule has 0 saturated heterocycles. The molecule has 0 spiro atoms. The highest BCUT2D eigenvalue weighted by Crippen LogP contribution is 2.44. The van der Waals surface area contributed by atoms with Crippen molar-refractivity contribution in [3.63, 3.8) is 0 Å². The highest BCUT2D eigenvalue weighted by molar-refractivity contribution is 5.92. The number of hydrogen-bond acceptors (Lipinski definition) is 6. The van der Waals surface area contributed by atoms with Crippen molar-refractivity contribution < 1.29 is 23.9 Å². The molecule has 0 heterocycles. The van der Waals surface area contributed by atoms with Crippen LogP contribution in [0.1, 0.15) is 53.0 Å². The van der Waals surface area contributed by atoms with Crippen molar-refractivity contribution in [3.8, 4) is 11.5 Å². The van der Waals surface area contributed by atoms with Gasteiger partial charge in [0.1, 0.15) is 0 Å². The molecule has 0 radical (unpaired) electrons. The van der Waals surface area contributed by atoms with Gasteiger partial charge in [0.25, 0.3) is 5.69 Å². The van der Waals surface area contributed by atoms with Gasteiger partial charge in [-0.15, -0.1) is 0 Å². The van der Waals surface area contributed by atoms with Gasteiger partial charge in [0.05, 0.1) is 31.8 Å². The van der Waals surface area contributed by atoms with Gasteiger partial charge in [-0.05, 0) is 47.6 Å². The summed E-state index contributed by atoms with van der Waals surface area (Å²) in [7, 11) is 2.88. The summed E-state index contributed by atoms with van der Waals surface area (Å²) in [6.45, 7) is 11.2. The van der Waals surface area contributed by atoms with Crippen LogP contribution in [0, 0.1) is 10.1 Å². The number of nitro benzene ring substituents is 1. The van der Waals surface area contributed by atoms with Gasteiger partial charge >= 0.3 is 5.97 Å². The standard InChI is InChI=1S/C21H29NO6/c1-9-28-21(23)19(13(4)5)20(14(6)12(2)3)15-10-17(26-7)18(27-8)11-16(15)22(24)25/h10-11,20H,9H2,1-8H3. The van der Waals surface area contributed by atoms with Crippen LogP contribution in [-0.2, 0) is 9.53 Å². The normalized spacial score (nSPS) is 11.3. The second kappa shape index (κ2) is 9.92. The summed E-state index contributed by atoms with van der Waals surface area (Å²) in [5.74, 6) is -0.528. The first-order chi connectivity index (χ1) is 13.1. The maximum atomic E-state index is 12.8. The first-order valence-corrected chi connectivity index (χ1v) is 8.99. The second-order valence-corrected chi connectivity index (χ2v) is 6.77. The number of rotatable bonds is 8. The fraction of sp³-hybridized carbons (Fsp3) is 0.476. The van der Waals surface area contributed by atoms with Gasteiger partial charge in [0.2, 0.25) is 0 Å².